The first-order chi connectivity index (χ1) is 15.7. The summed E-state index contributed by atoms with van der Waals surface area (Å²) >= 11 is 0. The quantitative estimate of drug-likeness (QED) is 0.364. The van der Waals surface area contributed by atoms with Crippen LogP contribution in [0.25, 0.3) is 21.5 Å². The van der Waals surface area contributed by atoms with E-state index in [1.165, 1.54) is 32.7 Å². The second kappa shape index (κ2) is 8.44. The van der Waals surface area contributed by atoms with E-state index >= 15 is 0 Å². The largest absolute Gasteiger partial charge is 0.244 e. The monoisotopic (exact) mass is 432 g/mol. The van der Waals surface area contributed by atoms with Crippen molar-refractivity contribution < 1.29 is 0 Å². The molecule has 0 radical (unpaired) electrons. The highest BCUT2D eigenvalue weighted by Crippen LogP contribution is 2.56. The van der Waals surface area contributed by atoms with Crippen LogP contribution in [0.2, 0.25) is 12.6 Å². The van der Waals surface area contributed by atoms with Crippen LogP contribution in [-0.2, 0) is 0 Å². The standard InChI is InChI=1S/C27H24N4Si/c1-3-32(2)26(22-14-28-18-29-15-22)24(20-10-6-4-7-11-20)25(21-12-8-5-9-13-21)27(32)23-16-30-19-31-17-23/h4-19H,3H2,1-2H3. The van der Waals surface area contributed by atoms with Crippen LogP contribution in [0.4, 0.5) is 0 Å². The van der Waals surface area contributed by atoms with Crippen LogP contribution in [0, 0.1) is 0 Å². The lowest BCUT2D eigenvalue weighted by Gasteiger charge is -2.29. The van der Waals surface area contributed by atoms with Gasteiger partial charge >= 0.3 is 0 Å². The molecule has 0 aliphatic carbocycles. The first-order valence-electron chi connectivity index (χ1n) is 10.9. The van der Waals surface area contributed by atoms with E-state index in [0.29, 0.717) is 0 Å². The SMILES string of the molecule is CC[Si]1(C)C(c2cncnc2)=C(c2ccccc2)C(c2ccccc2)=C1c1cncnc1. The summed E-state index contributed by atoms with van der Waals surface area (Å²) in [4.78, 5) is 17.5. The van der Waals surface area contributed by atoms with Gasteiger partial charge in [0.2, 0.25) is 0 Å². The zero-order chi connectivity index (χ0) is 22.0. The normalized spacial score (nSPS) is 15.3. The van der Waals surface area contributed by atoms with Crippen LogP contribution < -0.4 is 0 Å². The van der Waals surface area contributed by atoms with Crippen LogP contribution in [0.15, 0.2) is 98.1 Å². The first-order valence-corrected chi connectivity index (χ1v) is 13.6. The molecule has 0 atom stereocenters. The highest BCUT2D eigenvalue weighted by molar-refractivity contribution is 7.13. The number of rotatable bonds is 5. The van der Waals surface area contributed by atoms with Crippen LogP contribution in [0.3, 0.4) is 0 Å². The molecule has 3 heterocycles. The third kappa shape index (κ3) is 3.31. The van der Waals surface area contributed by atoms with Gasteiger partial charge in [-0.3, -0.25) is 0 Å². The van der Waals surface area contributed by atoms with Crippen molar-refractivity contribution in [2.45, 2.75) is 19.5 Å². The number of benzene rings is 2. The molecule has 0 N–H and O–H groups in total. The Hall–Kier alpha value is -3.70. The minimum absolute atomic E-state index is 1.05. The van der Waals surface area contributed by atoms with E-state index < -0.39 is 8.07 Å². The van der Waals surface area contributed by atoms with Gasteiger partial charge in [0.05, 0.1) is 0 Å². The van der Waals surface area contributed by atoms with Crippen molar-refractivity contribution in [1.29, 1.82) is 0 Å². The Bertz CT molecular complexity index is 1190. The van der Waals surface area contributed by atoms with E-state index in [1.54, 1.807) is 12.7 Å². The first kappa shape index (κ1) is 20.2. The zero-order valence-corrected chi connectivity index (χ0v) is 19.2. The fraction of sp³-hybridized carbons (Fsp3) is 0.111. The predicted octanol–water partition coefficient (Wildman–Crippen LogP) is 5.98. The maximum Gasteiger partial charge on any atom is 0.118 e. The molecular formula is C27H24N4Si. The van der Waals surface area contributed by atoms with Gasteiger partial charge in [-0.05, 0) is 32.7 Å². The second-order valence-corrected chi connectivity index (χ2v) is 12.5. The molecule has 32 heavy (non-hydrogen) atoms. The molecule has 0 amide bonds. The average molecular weight is 433 g/mol. The number of nitrogens with zero attached hydrogens (tertiary/aromatic N) is 4. The van der Waals surface area contributed by atoms with E-state index in [0.717, 1.165) is 17.2 Å². The zero-order valence-electron chi connectivity index (χ0n) is 18.2. The van der Waals surface area contributed by atoms with Gasteiger partial charge in [0.1, 0.15) is 20.7 Å². The number of hydrogen-bond donors (Lipinski definition) is 0. The summed E-state index contributed by atoms with van der Waals surface area (Å²) in [5.41, 5.74) is 7.18. The van der Waals surface area contributed by atoms with E-state index in [2.05, 4.69) is 94.1 Å². The Kier molecular flexibility index (Phi) is 5.33. The van der Waals surface area contributed by atoms with Crippen molar-refractivity contribution in [2.24, 2.45) is 0 Å². The minimum Gasteiger partial charge on any atom is -0.244 e. The maximum absolute atomic E-state index is 4.39. The molecule has 156 valence electrons. The molecule has 1 aliphatic heterocycles. The van der Waals surface area contributed by atoms with E-state index in [1.807, 2.05) is 24.8 Å². The van der Waals surface area contributed by atoms with Gasteiger partial charge in [0.25, 0.3) is 0 Å². The van der Waals surface area contributed by atoms with Gasteiger partial charge in [0.15, 0.2) is 0 Å². The van der Waals surface area contributed by atoms with Gasteiger partial charge in [0, 0.05) is 35.9 Å². The average Bonchev–Trinajstić information content (AvgIpc) is 3.16. The fourth-order valence-corrected chi connectivity index (χ4v) is 8.98. The fourth-order valence-electron chi connectivity index (χ4n) is 4.85. The van der Waals surface area contributed by atoms with Crippen LogP contribution in [0.5, 0.6) is 0 Å². The van der Waals surface area contributed by atoms with E-state index in [4.69, 9.17) is 0 Å². The Labute approximate surface area is 189 Å². The summed E-state index contributed by atoms with van der Waals surface area (Å²) in [5, 5.41) is 2.76. The maximum atomic E-state index is 4.39. The molecule has 5 rings (SSSR count). The lowest BCUT2D eigenvalue weighted by Crippen LogP contribution is -2.32. The number of aromatic nitrogens is 4. The van der Waals surface area contributed by atoms with Crippen molar-refractivity contribution in [1.82, 2.24) is 19.9 Å². The van der Waals surface area contributed by atoms with Gasteiger partial charge in [-0.2, -0.15) is 0 Å². The lowest BCUT2D eigenvalue weighted by atomic mass is 9.90. The van der Waals surface area contributed by atoms with Crippen molar-refractivity contribution in [2.75, 3.05) is 0 Å². The summed E-state index contributed by atoms with van der Waals surface area (Å²) in [6.45, 7) is 4.76. The molecule has 2 aromatic heterocycles. The topological polar surface area (TPSA) is 51.6 Å². The molecule has 4 nitrogen and oxygen atoms in total. The summed E-state index contributed by atoms with van der Waals surface area (Å²) in [5.74, 6) is 0. The molecule has 4 aromatic rings. The predicted molar refractivity (Wildman–Crippen MR) is 133 cm³/mol. The van der Waals surface area contributed by atoms with Crippen molar-refractivity contribution in [3.8, 4) is 0 Å². The summed E-state index contributed by atoms with van der Waals surface area (Å²) < 4.78 is 0. The Morgan fingerprint density at radius 2 is 0.938 bits per heavy atom. The van der Waals surface area contributed by atoms with Gasteiger partial charge in [-0.1, -0.05) is 80.2 Å². The van der Waals surface area contributed by atoms with Crippen molar-refractivity contribution in [3.05, 3.63) is 120 Å². The van der Waals surface area contributed by atoms with Gasteiger partial charge < -0.3 is 0 Å². The van der Waals surface area contributed by atoms with Gasteiger partial charge in [-0.25, -0.2) is 19.9 Å². The number of allylic oxidation sites excluding steroid dienone is 2. The molecule has 0 saturated heterocycles. The molecule has 0 fully saturated rings. The molecule has 0 bridgehead atoms. The third-order valence-electron chi connectivity index (χ3n) is 6.38. The molecular weight excluding hydrogens is 408 g/mol. The Morgan fingerprint density at radius 1 is 0.562 bits per heavy atom. The minimum atomic E-state index is -2.19. The summed E-state index contributed by atoms with van der Waals surface area (Å²) in [6.07, 6.45) is 11.0. The smallest absolute Gasteiger partial charge is 0.118 e. The van der Waals surface area contributed by atoms with Crippen LogP contribution >= 0.6 is 0 Å². The molecule has 0 spiro atoms. The summed E-state index contributed by atoms with van der Waals surface area (Å²) in [7, 11) is -2.19. The third-order valence-corrected chi connectivity index (χ3v) is 11.1. The number of hydrogen-bond acceptors (Lipinski definition) is 4. The molecule has 2 aromatic carbocycles. The molecule has 1 aliphatic rings. The molecule has 0 unspecified atom stereocenters. The molecule has 5 heteroatoms. The Balaban J connectivity index is 1.94. The highest BCUT2D eigenvalue weighted by atomic mass is 28.3. The lowest BCUT2D eigenvalue weighted by molar-refractivity contribution is 1.15. The van der Waals surface area contributed by atoms with E-state index in [9.17, 15) is 0 Å². The van der Waals surface area contributed by atoms with Crippen LogP contribution in [-0.4, -0.2) is 28.0 Å². The molecule has 0 saturated carbocycles. The van der Waals surface area contributed by atoms with E-state index in [-0.39, 0.29) is 0 Å². The van der Waals surface area contributed by atoms with Crippen molar-refractivity contribution in [3.63, 3.8) is 0 Å². The Morgan fingerprint density at radius 3 is 1.28 bits per heavy atom. The highest BCUT2D eigenvalue weighted by Gasteiger charge is 2.46. The van der Waals surface area contributed by atoms with Crippen LogP contribution in [0.1, 0.15) is 29.2 Å². The van der Waals surface area contributed by atoms with Crippen molar-refractivity contribution >= 4 is 29.6 Å². The second-order valence-electron chi connectivity index (χ2n) is 8.17. The van der Waals surface area contributed by atoms with Gasteiger partial charge in [-0.15, -0.1) is 0 Å². The summed E-state index contributed by atoms with van der Waals surface area (Å²) in [6, 6.07) is 22.4.